The molecule has 0 aromatic rings. The van der Waals surface area contributed by atoms with E-state index in [-0.39, 0.29) is 226 Å². The van der Waals surface area contributed by atoms with Crippen molar-refractivity contribution in [2.45, 2.75) is 101 Å². The minimum Gasteiger partial charge on any atom is -0.358 e. The fourth-order valence-corrected chi connectivity index (χ4v) is 0.500. The Kier molecular flexibility index (Phi) is 1130. The van der Waals surface area contributed by atoms with Crippen LogP contribution in [-0.4, -0.2) is 0 Å². The molecule has 10 heteroatoms. The molecule has 0 aromatic heterocycles. The van der Waals surface area contributed by atoms with Crippen LogP contribution in [0.15, 0.2) is 0 Å². The average molecular weight is 2090 g/mol. The minimum absolute atomic E-state index is 0. The maximum Gasteiger partial charge on any atom is 0 e. The van der Waals surface area contributed by atoms with Crippen molar-refractivity contribution < 1.29 is 211 Å². The van der Waals surface area contributed by atoms with E-state index in [1.807, 2.05) is 41.5 Å². The Morgan fingerprint density at radius 1 is 0.333 bits per heavy atom. The van der Waals surface area contributed by atoms with Crippen LogP contribution in [0.2, 0.25) is 0 Å². The molecule has 0 aromatic carbocycles. The second-order valence-electron chi connectivity index (χ2n) is 2.41. The Balaban J connectivity index is -0.00000000294. The third-order valence-corrected chi connectivity index (χ3v) is 0.957. The molecule has 0 N–H and O–H groups in total. The van der Waals surface area contributed by atoms with Gasteiger partial charge in [0.15, 0.2) is 0 Å². The van der Waals surface area contributed by atoms with E-state index in [1.165, 1.54) is 32.1 Å². The van der Waals surface area contributed by atoms with Gasteiger partial charge in [0.25, 0.3) is 0 Å². The summed E-state index contributed by atoms with van der Waals surface area (Å²) in [6.07, 6.45) is 6.79. The summed E-state index contributed by atoms with van der Waals surface area (Å²) in [6.45, 7) is 20.7. The van der Waals surface area contributed by atoms with Crippen LogP contribution in [0.25, 0.3) is 0 Å². The molecule has 0 aliphatic carbocycles. The van der Waals surface area contributed by atoms with E-state index in [2.05, 4.69) is 27.7 Å². The smallest absolute Gasteiger partial charge is 0 e. The molecule has 0 bridgehead atoms. The summed E-state index contributed by atoms with van der Waals surface area (Å²) in [5, 5.41) is 0. The summed E-state index contributed by atoms with van der Waals surface area (Å²) < 4.78 is 0. The summed E-state index contributed by atoms with van der Waals surface area (Å²) in [5.41, 5.74) is 0. The predicted molar refractivity (Wildman–Crippen MR) is 92.7 cm³/mol. The van der Waals surface area contributed by atoms with Crippen LogP contribution in [0.4, 0.5) is 0 Å². The molecule has 0 unspecified atom stereocenters. The first-order valence-corrected chi connectivity index (χ1v) is 7.33. The van der Waals surface area contributed by atoms with Gasteiger partial charge < -0.3 is 14.9 Å². The third-order valence-electron chi connectivity index (χ3n) is 0.957. The van der Waals surface area contributed by atoms with Crippen molar-refractivity contribution in [1.82, 2.24) is 0 Å². The fraction of sp³-hybridized carbons (Fsp3) is 0.882. The van der Waals surface area contributed by atoms with Crippen molar-refractivity contribution in [3.63, 3.8) is 0 Å². The Labute approximate surface area is 320 Å². The summed E-state index contributed by atoms with van der Waals surface area (Å²) in [5.74, 6) is 0. The Morgan fingerprint density at radius 2 is 0.407 bits per heavy atom. The van der Waals surface area contributed by atoms with Gasteiger partial charge in [-0.15, -0.1) is 0 Å². The second kappa shape index (κ2) is 237. The first-order valence-electron chi connectivity index (χ1n) is 7.33. The predicted octanol–water partition coefficient (Wildman–Crippen LogP) is 7.96. The molecule has 0 aliphatic heterocycles. The van der Waals surface area contributed by atoms with Crippen molar-refractivity contribution in [1.29, 1.82) is 0 Å². The first kappa shape index (κ1) is 129. The standard InChI is InChI=1S/C6H14.C3H8.3C2H6.2CH3.10W/c1-3-5-6-4-2;1-3-2;3*1-2;;;;;;;;;;;;/h3-6H2,1-2H3;3H2,1-2H3;3*1-2H3;2*1H3;;;;;;;;;;/q;;;;;2*-1;;;;;;;;;;. The molecule has 0 amide bonds. The molecule has 0 spiro atoms. The molecular formula is C17H46W10-2. The summed E-state index contributed by atoms with van der Waals surface area (Å²) in [4.78, 5) is 0. The Bertz CT molecular complexity index is 44.9. The normalized spacial score (nSPS) is 3.33. The van der Waals surface area contributed by atoms with Gasteiger partial charge in [0, 0.05) is 211 Å². The largest absolute Gasteiger partial charge is 0.358 e. The maximum atomic E-state index is 2.23. The van der Waals surface area contributed by atoms with Crippen molar-refractivity contribution in [3.8, 4) is 0 Å². The zero-order valence-electron chi connectivity index (χ0n) is 19.6. The molecule has 0 atom stereocenters. The van der Waals surface area contributed by atoms with Crippen LogP contribution in [0.3, 0.4) is 0 Å². The van der Waals surface area contributed by atoms with E-state index in [0.717, 1.165) is 0 Å². The molecule has 0 aliphatic rings. The van der Waals surface area contributed by atoms with Crippen molar-refractivity contribution in [3.05, 3.63) is 14.9 Å². The number of unbranched alkanes of at least 4 members (excludes halogenated alkanes) is 3. The van der Waals surface area contributed by atoms with Crippen molar-refractivity contribution in [2.75, 3.05) is 0 Å². The summed E-state index contributed by atoms with van der Waals surface area (Å²) in [7, 11) is 0. The number of hydrogen-bond donors (Lipinski definition) is 0. The van der Waals surface area contributed by atoms with E-state index >= 15 is 0 Å². The van der Waals surface area contributed by atoms with E-state index in [1.54, 1.807) is 0 Å². The van der Waals surface area contributed by atoms with Gasteiger partial charge in [-0.1, -0.05) is 101 Å². The molecule has 0 saturated carbocycles. The van der Waals surface area contributed by atoms with Crippen LogP contribution in [0.5, 0.6) is 0 Å². The van der Waals surface area contributed by atoms with E-state index in [4.69, 9.17) is 0 Å². The van der Waals surface area contributed by atoms with Crippen LogP contribution < -0.4 is 0 Å². The van der Waals surface area contributed by atoms with E-state index in [9.17, 15) is 0 Å². The molecule has 0 rings (SSSR count). The number of rotatable bonds is 3. The van der Waals surface area contributed by atoms with E-state index < -0.39 is 0 Å². The average Bonchev–Trinajstić information content (AvgIpc) is 2.35. The van der Waals surface area contributed by atoms with Gasteiger partial charge in [0.05, 0.1) is 0 Å². The van der Waals surface area contributed by atoms with Gasteiger partial charge in [-0.3, -0.25) is 0 Å². The SMILES string of the molecule is CC.CC.CC.CCC.CCCCCC.[CH3-].[CH3-].[W].[W].[W].[W].[W].[W].[W].[W].[W].[W]. The van der Waals surface area contributed by atoms with Crippen molar-refractivity contribution >= 4 is 0 Å². The second-order valence-corrected chi connectivity index (χ2v) is 2.41. The topological polar surface area (TPSA) is 0 Å². The van der Waals surface area contributed by atoms with Gasteiger partial charge in [-0.25, -0.2) is 0 Å². The van der Waals surface area contributed by atoms with Crippen LogP contribution >= 0.6 is 0 Å². The van der Waals surface area contributed by atoms with Crippen LogP contribution in [-0.2, 0) is 211 Å². The first-order chi connectivity index (χ1) is 7.33. The van der Waals surface area contributed by atoms with Gasteiger partial charge in [0.1, 0.15) is 0 Å². The van der Waals surface area contributed by atoms with Gasteiger partial charge in [-0.2, -0.15) is 0 Å². The number of hydrogen-bond acceptors (Lipinski definition) is 0. The zero-order valence-corrected chi connectivity index (χ0v) is 49.0. The Morgan fingerprint density at radius 3 is 0.444 bits per heavy atom. The third kappa shape index (κ3) is 321. The summed E-state index contributed by atoms with van der Waals surface area (Å²) >= 11 is 0. The van der Waals surface area contributed by atoms with Gasteiger partial charge in [0.2, 0.25) is 0 Å². The van der Waals surface area contributed by atoms with Crippen LogP contribution in [0, 0.1) is 14.9 Å². The monoisotopic (exact) mass is 2090 g/mol. The Hall–Kier alpha value is 6.88. The van der Waals surface area contributed by atoms with E-state index in [0.29, 0.717) is 0 Å². The minimum atomic E-state index is 0. The van der Waals surface area contributed by atoms with Gasteiger partial charge in [-0.05, 0) is 0 Å². The quantitative estimate of drug-likeness (QED) is 0.199. The van der Waals surface area contributed by atoms with Crippen molar-refractivity contribution in [2.24, 2.45) is 0 Å². The van der Waals surface area contributed by atoms with Gasteiger partial charge >= 0.3 is 0 Å². The molecule has 0 saturated heterocycles. The maximum absolute atomic E-state index is 2.23. The molecule has 0 radical (unpaired) electrons. The molecule has 0 nitrogen and oxygen atoms in total. The molecule has 0 heterocycles. The molecule has 27 heavy (non-hydrogen) atoms. The molecular weight excluding hydrogens is 2040 g/mol. The molecule has 176 valence electrons. The zero-order chi connectivity index (χ0) is 13.5. The summed E-state index contributed by atoms with van der Waals surface area (Å²) in [6, 6.07) is 0. The molecule has 0 fully saturated rings. The van der Waals surface area contributed by atoms with Crippen LogP contribution in [0.1, 0.15) is 101 Å². The fourth-order valence-electron chi connectivity index (χ4n) is 0.500.